The van der Waals surface area contributed by atoms with Crippen LogP contribution in [0.4, 0.5) is 22.1 Å². The molecule has 2 aromatic rings. The van der Waals surface area contributed by atoms with Gasteiger partial charge in [0.1, 0.15) is 23.4 Å². The molecule has 0 aromatic carbocycles. The number of hydrogen-bond acceptors (Lipinski definition) is 9. The van der Waals surface area contributed by atoms with Crippen LogP contribution in [0.15, 0.2) is 18.3 Å². The number of amides is 3. The number of carbonyl (C=O) groups is 3. The summed E-state index contributed by atoms with van der Waals surface area (Å²) in [5.74, 6) is 1.04. The van der Waals surface area contributed by atoms with Crippen molar-refractivity contribution in [3.05, 3.63) is 40.7 Å². The summed E-state index contributed by atoms with van der Waals surface area (Å²) in [7, 11) is 0.878. The van der Waals surface area contributed by atoms with Crippen LogP contribution in [-0.4, -0.2) is 93.5 Å². The maximum absolute atomic E-state index is 13.3. The highest BCUT2D eigenvalue weighted by Crippen LogP contribution is 2.29. The molecule has 0 aliphatic carbocycles. The first-order valence-corrected chi connectivity index (χ1v) is 14.4. The van der Waals surface area contributed by atoms with Crippen LogP contribution >= 0.6 is 0 Å². The first-order chi connectivity index (χ1) is 18.7. The second-order valence-corrected chi connectivity index (χ2v) is 11.4. The fourth-order valence-electron chi connectivity index (χ4n) is 4.75. The molecule has 2 aliphatic rings. The van der Waals surface area contributed by atoms with Crippen LogP contribution in [0, 0.1) is 11.3 Å². The van der Waals surface area contributed by atoms with Crippen molar-refractivity contribution in [1.82, 2.24) is 19.8 Å². The molecule has 2 atom stereocenters. The standard InChI is InChI=1S/C26H32N8O4S/c1-17(16-39(3)38)29-21-10-23(28-12-20(21)11-27)31-26(37)34-6-4-5-18-9-19(22(15-35)30-25(18)34)13-33-8-7-32(2)14-24(33)36/h9-10,12,15,17H,4-8,13-14,16H2,1-3H3,(H2,28,29,31,37). The number of urea groups is 1. The normalized spacial score (nSPS) is 17.1. The molecule has 3 amide bonds. The predicted molar refractivity (Wildman–Crippen MR) is 148 cm³/mol. The number of anilines is 3. The average molecular weight is 553 g/mol. The topological polar surface area (TPSA) is 152 Å². The molecule has 1 saturated heterocycles. The van der Waals surface area contributed by atoms with Gasteiger partial charge in [0, 0.05) is 72.9 Å². The minimum Gasteiger partial charge on any atom is -0.380 e. The zero-order chi connectivity index (χ0) is 28.1. The van der Waals surface area contributed by atoms with Crippen LogP contribution in [0.1, 0.15) is 40.5 Å². The number of nitrogens with one attached hydrogen (secondary N) is 2. The smallest absolute Gasteiger partial charge is 0.328 e. The van der Waals surface area contributed by atoms with Crippen molar-refractivity contribution in [3.8, 4) is 6.07 Å². The minimum atomic E-state index is -1.02. The number of likely N-dealkylation sites (N-methyl/N-ethyl adjacent to an activating group) is 1. The molecule has 13 heteroatoms. The van der Waals surface area contributed by atoms with Gasteiger partial charge in [0.2, 0.25) is 5.91 Å². The Morgan fingerprint density at radius 1 is 1.31 bits per heavy atom. The van der Waals surface area contributed by atoms with Gasteiger partial charge in [-0.1, -0.05) is 0 Å². The monoisotopic (exact) mass is 552 g/mol. The maximum atomic E-state index is 13.3. The molecular formula is C26H32N8O4S. The van der Waals surface area contributed by atoms with Crippen LogP contribution in [0.25, 0.3) is 0 Å². The maximum Gasteiger partial charge on any atom is 0.328 e. The second-order valence-electron chi connectivity index (χ2n) is 9.88. The zero-order valence-corrected chi connectivity index (χ0v) is 23.1. The van der Waals surface area contributed by atoms with Crippen molar-refractivity contribution < 1.29 is 18.6 Å². The number of fused-ring (bicyclic) bond motifs is 1. The SMILES string of the molecule is CC(CS(C)=O)Nc1cc(NC(=O)N2CCCc3cc(CN4CCN(C)CC4=O)c(C=O)nc32)ncc1C#N. The Hall–Kier alpha value is -3.89. The molecule has 4 heterocycles. The lowest BCUT2D eigenvalue weighted by Crippen LogP contribution is -2.48. The fourth-order valence-corrected chi connectivity index (χ4v) is 5.54. The molecule has 0 bridgehead atoms. The Morgan fingerprint density at radius 3 is 2.79 bits per heavy atom. The Kier molecular flexibility index (Phi) is 8.88. The fraction of sp³-hybridized carbons (Fsp3) is 0.462. The summed E-state index contributed by atoms with van der Waals surface area (Å²) in [5.41, 5.74) is 2.47. The number of rotatable bonds is 8. The lowest BCUT2D eigenvalue weighted by molar-refractivity contribution is -0.136. The van der Waals surface area contributed by atoms with Gasteiger partial charge in [-0.2, -0.15) is 5.26 Å². The van der Waals surface area contributed by atoms with Crippen molar-refractivity contribution in [3.63, 3.8) is 0 Å². The van der Waals surface area contributed by atoms with E-state index in [-0.39, 0.29) is 23.5 Å². The summed E-state index contributed by atoms with van der Waals surface area (Å²) in [4.78, 5) is 51.6. The molecule has 1 fully saturated rings. The third-order valence-corrected chi connectivity index (χ3v) is 7.62. The molecule has 0 spiro atoms. The van der Waals surface area contributed by atoms with Gasteiger partial charge in [-0.05, 0) is 38.4 Å². The first-order valence-electron chi connectivity index (χ1n) is 12.7. The Morgan fingerprint density at radius 2 is 2.10 bits per heavy atom. The third-order valence-electron chi connectivity index (χ3n) is 6.65. The van der Waals surface area contributed by atoms with E-state index in [0.29, 0.717) is 73.7 Å². The number of piperazine rings is 1. The Labute approximate surface area is 229 Å². The van der Waals surface area contributed by atoms with Gasteiger partial charge < -0.3 is 10.2 Å². The largest absolute Gasteiger partial charge is 0.380 e. The molecule has 2 unspecified atom stereocenters. The molecule has 206 valence electrons. The molecule has 2 N–H and O–H groups in total. The third kappa shape index (κ3) is 6.76. The van der Waals surface area contributed by atoms with Gasteiger partial charge in [-0.25, -0.2) is 14.8 Å². The van der Waals surface area contributed by atoms with Crippen LogP contribution in [0.3, 0.4) is 0 Å². The van der Waals surface area contributed by atoms with E-state index in [2.05, 4.69) is 26.7 Å². The molecular weight excluding hydrogens is 520 g/mol. The number of aldehydes is 1. The summed E-state index contributed by atoms with van der Waals surface area (Å²) >= 11 is 0. The van der Waals surface area contributed by atoms with Crippen molar-refractivity contribution in [2.24, 2.45) is 0 Å². The highest BCUT2D eigenvalue weighted by atomic mass is 32.2. The average Bonchev–Trinajstić information content (AvgIpc) is 2.89. The van der Waals surface area contributed by atoms with E-state index in [0.717, 1.165) is 12.1 Å². The number of carbonyl (C=O) groups excluding carboxylic acids is 3. The van der Waals surface area contributed by atoms with E-state index >= 15 is 0 Å². The van der Waals surface area contributed by atoms with Crippen molar-refractivity contribution >= 4 is 46.3 Å². The highest BCUT2D eigenvalue weighted by Gasteiger charge is 2.28. The van der Waals surface area contributed by atoms with E-state index in [1.807, 2.05) is 24.9 Å². The zero-order valence-electron chi connectivity index (χ0n) is 22.3. The molecule has 2 aromatic heterocycles. The van der Waals surface area contributed by atoms with Crippen LogP contribution in [0.5, 0.6) is 0 Å². The number of nitrogens with zero attached hydrogens (tertiary/aromatic N) is 6. The number of aryl methyl sites for hydroxylation is 1. The number of aromatic nitrogens is 2. The summed E-state index contributed by atoms with van der Waals surface area (Å²) in [5, 5.41) is 15.4. The van der Waals surface area contributed by atoms with Crippen molar-refractivity contribution in [2.45, 2.75) is 32.4 Å². The Bertz CT molecular complexity index is 1340. The lowest BCUT2D eigenvalue weighted by atomic mass is 10.0. The summed E-state index contributed by atoms with van der Waals surface area (Å²) in [6.45, 7) is 4.22. The molecule has 39 heavy (non-hydrogen) atoms. The van der Waals surface area contributed by atoms with E-state index in [4.69, 9.17) is 0 Å². The molecule has 2 aliphatic heterocycles. The minimum absolute atomic E-state index is 0.000415. The number of nitriles is 1. The number of pyridine rings is 2. The summed E-state index contributed by atoms with van der Waals surface area (Å²) < 4.78 is 11.6. The number of hydrogen-bond donors (Lipinski definition) is 2. The van der Waals surface area contributed by atoms with Crippen LogP contribution in [-0.2, 0) is 28.6 Å². The van der Waals surface area contributed by atoms with Gasteiger partial charge in [0.15, 0.2) is 6.29 Å². The van der Waals surface area contributed by atoms with Crippen molar-refractivity contribution in [1.29, 1.82) is 5.26 Å². The van der Waals surface area contributed by atoms with E-state index < -0.39 is 16.8 Å². The Balaban J connectivity index is 1.54. The summed E-state index contributed by atoms with van der Waals surface area (Å²) in [6.07, 6.45) is 5.03. The van der Waals surface area contributed by atoms with Crippen molar-refractivity contribution in [2.75, 3.05) is 60.8 Å². The lowest BCUT2D eigenvalue weighted by Gasteiger charge is -2.33. The molecule has 4 rings (SSSR count). The highest BCUT2D eigenvalue weighted by molar-refractivity contribution is 7.84. The van der Waals surface area contributed by atoms with Gasteiger partial charge in [-0.3, -0.25) is 28.9 Å². The molecule has 0 saturated carbocycles. The van der Waals surface area contributed by atoms with Crippen LogP contribution < -0.4 is 15.5 Å². The first kappa shape index (κ1) is 28.1. The van der Waals surface area contributed by atoms with Gasteiger partial charge in [0.25, 0.3) is 0 Å². The quantitative estimate of drug-likeness (QED) is 0.465. The van der Waals surface area contributed by atoms with Gasteiger partial charge >= 0.3 is 6.03 Å². The van der Waals surface area contributed by atoms with Crippen LogP contribution in [0.2, 0.25) is 0 Å². The van der Waals surface area contributed by atoms with E-state index in [1.54, 1.807) is 17.2 Å². The predicted octanol–water partition coefficient (Wildman–Crippen LogP) is 1.60. The van der Waals surface area contributed by atoms with E-state index in [1.165, 1.54) is 11.1 Å². The molecule has 0 radical (unpaired) electrons. The van der Waals surface area contributed by atoms with E-state index in [9.17, 15) is 23.9 Å². The second kappa shape index (κ2) is 12.3. The summed E-state index contributed by atoms with van der Waals surface area (Å²) in [6, 6.07) is 4.88. The van der Waals surface area contributed by atoms with Gasteiger partial charge in [0.05, 0.1) is 17.8 Å². The molecule has 12 nitrogen and oxygen atoms in total. The van der Waals surface area contributed by atoms with Gasteiger partial charge in [-0.15, -0.1) is 0 Å².